The van der Waals surface area contributed by atoms with Crippen molar-refractivity contribution in [3.8, 4) is 0 Å². The SMILES string of the molecule is CC(NC(=O)C(CCC(=O)O)NC(=O)C(CS)NC(=O)C1CCCN1)C(=O)O. The Morgan fingerprint density at radius 2 is 1.71 bits per heavy atom. The lowest BCUT2D eigenvalue weighted by molar-refractivity contribution is -0.142. The minimum atomic E-state index is -1.28. The number of hydrogen-bond donors (Lipinski definition) is 7. The summed E-state index contributed by atoms with van der Waals surface area (Å²) in [5, 5.41) is 27.8. The van der Waals surface area contributed by atoms with Gasteiger partial charge < -0.3 is 31.5 Å². The van der Waals surface area contributed by atoms with Crippen molar-refractivity contribution >= 4 is 42.3 Å². The Morgan fingerprint density at radius 3 is 2.21 bits per heavy atom. The molecule has 4 unspecified atom stereocenters. The molecule has 0 aliphatic carbocycles. The van der Waals surface area contributed by atoms with Crippen molar-refractivity contribution in [2.24, 2.45) is 0 Å². The van der Waals surface area contributed by atoms with E-state index in [4.69, 9.17) is 10.2 Å². The Balaban J connectivity index is 2.75. The first kappa shape index (κ1) is 23.7. The zero-order valence-electron chi connectivity index (χ0n) is 15.4. The zero-order valence-corrected chi connectivity index (χ0v) is 16.3. The predicted molar refractivity (Wildman–Crippen MR) is 101 cm³/mol. The van der Waals surface area contributed by atoms with Crippen molar-refractivity contribution in [1.82, 2.24) is 21.3 Å². The molecule has 1 saturated heterocycles. The number of hydrogen-bond acceptors (Lipinski definition) is 7. The minimum absolute atomic E-state index is 0.0386. The van der Waals surface area contributed by atoms with Crippen LogP contribution in [0.1, 0.15) is 32.6 Å². The number of carbonyl (C=O) groups excluding carboxylic acids is 3. The molecule has 0 saturated carbocycles. The molecule has 12 heteroatoms. The average Bonchev–Trinajstić information content (AvgIpc) is 3.17. The molecule has 1 aliphatic rings. The van der Waals surface area contributed by atoms with Crippen LogP contribution in [0, 0.1) is 0 Å². The van der Waals surface area contributed by atoms with E-state index in [1.165, 1.54) is 6.92 Å². The highest BCUT2D eigenvalue weighted by Crippen LogP contribution is 2.06. The highest BCUT2D eigenvalue weighted by molar-refractivity contribution is 7.80. The van der Waals surface area contributed by atoms with E-state index < -0.39 is 54.3 Å². The van der Waals surface area contributed by atoms with Crippen LogP contribution >= 0.6 is 12.6 Å². The largest absolute Gasteiger partial charge is 0.481 e. The fraction of sp³-hybridized carbons (Fsp3) is 0.688. The molecular weight excluding hydrogens is 392 g/mol. The van der Waals surface area contributed by atoms with Crippen LogP contribution in [0.5, 0.6) is 0 Å². The first-order chi connectivity index (χ1) is 13.1. The Bertz CT molecular complexity index is 610. The second-order valence-electron chi connectivity index (χ2n) is 6.45. The average molecular weight is 418 g/mol. The Hall–Kier alpha value is -2.34. The summed E-state index contributed by atoms with van der Waals surface area (Å²) < 4.78 is 0. The van der Waals surface area contributed by atoms with Crippen LogP contribution in [-0.2, 0) is 24.0 Å². The fourth-order valence-electron chi connectivity index (χ4n) is 2.56. The van der Waals surface area contributed by atoms with E-state index in [0.717, 1.165) is 6.42 Å². The number of carbonyl (C=O) groups is 5. The van der Waals surface area contributed by atoms with Crippen molar-refractivity contribution in [2.45, 2.75) is 56.8 Å². The number of carboxylic acids is 2. The van der Waals surface area contributed by atoms with E-state index in [9.17, 15) is 24.0 Å². The van der Waals surface area contributed by atoms with E-state index in [1.54, 1.807) is 0 Å². The lowest BCUT2D eigenvalue weighted by Crippen LogP contribution is -2.57. The summed E-state index contributed by atoms with van der Waals surface area (Å²) in [5.74, 6) is -4.40. The molecule has 0 spiro atoms. The molecular formula is C16H26N4O7S. The summed E-state index contributed by atoms with van der Waals surface area (Å²) in [6.07, 6.45) is 0.832. The third-order valence-electron chi connectivity index (χ3n) is 4.20. The Kier molecular flexibility index (Phi) is 9.73. The van der Waals surface area contributed by atoms with Crippen molar-refractivity contribution in [2.75, 3.05) is 12.3 Å². The first-order valence-electron chi connectivity index (χ1n) is 8.85. The smallest absolute Gasteiger partial charge is 0.325 e. The molecule has 1 heterocycles. The normalized spacial score (nSPS) is 19.1. The molecule has 1 fully saturated rings. The number of aliphatic carboxylic acids is 2. The predicted octanol–water partition coefficient (Wildman–Crippen LogP) is -1.91. The van der Waals surface area contributed by atoms with Gasteiger partial charge in [0.2, 0.25) is 17.7 Å². The number of carboxylic acid groups (broad SMARTS) is 2. The molecule has 1 rings (SSSR count). The molecule has 0 aromatic heterocycles. The van der Waals surface area contributed by atoms with Gasteiger partial charge >= 0.3 is 11.9 Å². The second-order valence-corrected chi connectivity index (χ2v) is 6.82. The zero-order chi connectivity index (χ0) is 21.3. The fourth-order valence-corrected chi connectivity index (χ4v) is 2.82. The number of thiol groups is 1. The van der Waals surface area contributed by atoms with Gasteiger partial charge in [0.05, 0.1) is 6.04 Å². The molecule has 3 amide bonds. The Labute approximate surface area is 167 Å². The molecule has 28 heavy (non-hydrogen) atoms. The number of amides is 3. The Morgan fingerprint density at radius 1 is 1.07 bits per heavy atom. The van der Waals surface area contributed by atoms with Crippen LogP contribution in [0.4, 0.5) is 0 Å². The molecule has 6 N–H and O–H groups in total. The molecule has 158 valence electrons. The molecule has 0 aromatic rings. The van der Waals surface area contributed by atoms with E-state index in [2.05, 4.69) is 33.9 Å². The maximum Gasteiger partial charge on any atom is 0.325 e. The summed E-state index contributed by atoms with van der Waals surface area (Å²) >= 11 is 4.05. The number of nitrogens with one attached hydrogen (secondary N) is 4. The van der Waals surface area contributed by atoms with E-state index in [1.807, 2.05) is 0 Å². The van der Waals surface area contributed by atoms with Gasteiger partial charge in [0.1, 0.15) is 18.1 Å². The molecule has 1 aliphatic heterocycles. The van der Waals surface area contributed by atoms with Gasteiger partial charge in [0.15, 0.2) is 0 Å². The summed E-state index contributed by atoms with van der Waals surface area (Å²) in [6, 6.07) is -3.92. The van der Waals surface area contributed by atoms with Crippen molar-refractivity contribution in [1.29, 1.82) is 0 Å². The van der Waals surface area contributed by atoms with Crippen LogP contribution in [0.25, 0.3) is 0 Å². The highest BCUT2D eigenvalue weighted by atomic mass is 32.1. The molecule has 4 atom stereocenters. The van der Waals surface area contributed by atoms with E-state index in [0.29, 0.717) is 13.0 Å². The summed E-state index contributed by atoms with van der Waals surface area (Å²) in [4.78, 5) is 58.6. The maximum absolute atomic E-state index is 12.5. The van der Waals surface area contributed by atoms with Gasteiger partial charge in [-0.05, 0) is 32.7 Å². The maximum atomic E-state index is 12.5. The summed E-state index contributed by atoms with van der Waals surface area (Å²) in [5.41, 5.74) is 0. The lowest BCUT2D eigenvalue weighted by atomic mass is 10.1. The van der Waals surface area contributed by atoms with E-state index >= 15 is 0 Å². The highest BCUT2D eigenvalue weighted by Gasteiger charge is 2.30. The van der Waals surface area contributed by atoms with Gasteiger partial charge in [-0.25, -0.2) is 0 Å². The standard InChI is InChI=1S/C16H26N4O7S/c1-8(16(26)27)18-14(24)10(4-5-12(21)22)19-15(25)11(7-28)20-13(23)9-3-2-6-17-9/h8-11,17,28H,2-7H2,1H3,(H,18,24)(H,19,25)(H,20,23)(H,21,22)(H,26,27). The van der Waals surface area contributed by atoms with Gasteiger partial charge in [-0.15, -0.1) is 0 Å². The van der Waals surface area contributed by atoms with Crippen molar-refractivity contribution < 1.29 is 34.2 Å². The van der Waals surface area contributed by atoms with E-state index in [-0.39, 0.29) is 18.1 Å². The van der Waals surface area contributed by atoms with Crippen LogP contribution in [0.2, 0.25) is 0 Å². The molecule has 0 aromatic carbocycles. The number of rotatable bonds is 11. The quantitative estimate of drug-likeness (QED) is 0.190. The first-order valence-corrected chi connectivity index (χ1v) is 9.49. The molecule has 0 bridgehead atoms. The van der Waals surface area contributed by atoms with Crippen molar-refractivity contribution in [3.63, 3.8) is 0 Å². The van der Waals surface area contributed by atoms with Crippen LogP contribution in [0.15, 0.2) is 0 Å². The van der Waals surface area contributed by atoms with Gasteiger partial charge in [-0.1, -0.05) is 0 Å². The second kappa shape index (κ2) is 11.5. The van der Waals surface area contributed by atoms with Crippen molar-refractivity contribution in [3.05, 3.63) is 0 Å². The molecule has 11 nitrogen and oxygen atoms in total. The van der Waals surface area contributed by atoms with Gasteiger partial charge in [0.25, 0.3) is 0 Å². The van der Waals surface area contributed by atoms with Crippen LogP contribution < -0.4 is 21.3 Å². The van der Waals surface area contributed by atoms with Gasteiger partial charge in [-0.2, -0.15) is 12.6 Å². The minimum Gasteiger partial charge on any atom is -0.481 e. The van der Waals surface area contributed by atoms with Crippen LogP contribution in [-0.4, -0.2) is 76.3 Å². The third kappa shape index (κ3) is 7.72. The summed E-state index contributed by atoms with van der Waals surface area (Å²) in [7, 11) is 0. The van der Waals surface area contributed by atoms with Gasteiger partial charge in [0, 0.05) is 12.2 Å². The topological polar surface area (TPSA) is 174 Å². The van der Waals surface area contributed by atoms with Gasteiger partial charge in [-0.3, -0.25) is 24.0 Å². The summed E-state index contributed by atoms with van der Waals surface area (Å²) in [6.45, 7) is 1.94. The lowest BCUT2D eigenvalue weighted by Gasteiger charge is -2.23. The monoisotopic (exact) mass is 418 g/mol. The third-order valence-corrected chi connectivity index (χ3v) is 4.57. The van der Waals surface area contributed by atoms with Crippen LogP contribution in [0.3, 0.4) is 0 Å². The molecule has 0 radical (unpaired) electrons.